The molecule has 4 nitrogen and oxygen atoms in total. The molecule has 0 saturated heterocycles. The Morgan fingerprint density at radius 2 is 2.18 bits per heavy atom. The minimum atomic E-state index is -4.17. The monoisotopic (exact) mass is 268 g/mol. The topological polar surface area (TPSA) is 63.8 Å². The maximum atomic E-state index is 12.1. The molecule has 0 fully saturated rings. The highest BCUT2D eigenvalue weighted by atomic mass is 32.1. The van der Waals surface area contributed by atoms with Gasteiger partial charge in [0.25, 0.3) is 0 Å². The van der Waals surface area contributed by atoms with Gasteiger partial charge in [-0.3, -0.25) is 11.3 Å². The van der Waals surface area contributed by atoms with Crippen molar-refractivity contribution < 1.29 is 13.2 Å². The van der Waals surface area contributed by atoms with Crippen molar-refractivity contribution in [2.45, 2.75) is 44.8 Å². The molecule has 1 rings (SSSR count). The molecule has 0 aliphatic carbocycles. The van der Waals surface area contributed by atoms with Gasteiger partial charge in [-0.2, -0.15) is 13.2 Å². The third-order valence-electron chi connectivity index (χ3n) is 2.31. The van der Waals surface area contributed by atoms with E-state index >= 15 is 0 Å². The van der Waals surface area contributed by atoms with Gasteiger partial charge in [-0.1, -0.05) is 17.8 Å². The van der Waals surface area contributed by atoms with Crippen molar-refractivity contribution in [1.29, 1.82) is 0 Å². The number of nitrogens with one attached hydrogen (secondary N) is 1. The zero-order valence-corrected chi connectivity index (χ0v) is 10.2. The molecule has 0 aliphatic heterocycles. The zero-order chi connectivity index (χ0) is 12.9. The highest BCUT2D eigenvalue weighted by molar-refractivity contribution is 7.05. The smallest absolute Gasteiger partial charge is 0.271 e. The second kappa shape index (κ2) is 6.27. The Labute approximate surface area is 102 Å². The summed E-state index contributed by atoms with van der Waals surface area (Å²) < 4.78 is 40.2. The van der Waals surface area contributed by atoms with E-state index in [9.17, 15) is 13.2 Å². The van der Waals surface area contributed by atoms with E-state index in [1.165, 1.54) is 0 Å². The Hall–Kier alpha value is -0.730. The summed E-state index contributed by atoms with van der Waals surface area (Å²) in [5.74, 6) is 5.29. The maximum absolute atomic E-state index is 12.1. The molecule has 1 heterocycles. The summed E-state index contributed by atoms with van der Waals surface area (Å²) in [7, 11) is 0. The van der Waals surface area contributed by atoms with Crippen LogP contribution < -0.4 is 11.3 Å². The lowest BCUT2D eigenvalue weighted by Crippen LogP contribution is -2.29. The van der Waals surface area contributed by atoms with E-state index in [1.807, 2.05) is 6.92 Å². The molecule has 1 unspecified atom stereocenters. The molecule has 0 aliphatic rings. The van der Waals surface area contributed by atoms with Crippen LogP contribution in [-0.4, -0.2) is 15.8 Å². The van der Waals surface area contributed by atoms with Crippen LogP contribution in [0.1, 0.15) is 42.8 Å². The first kappa shape index (κ1) is 14.3. The van der Waals surface area contributed by atoms with E-state index in [0.717, 1.165) is 23.6 Å². The van der Waals surface area contributed by atoms with Crippen molar-refractivity contribution in [3.05, 3.63) is 10.6 Å². The second-order valence-electron chi connectivity index (χ2n) is 3.71. The molecular weight excluding hydrogens is 253 g/mol. The largest absolute Gasteiger partial charge is 0.389 e. The Kier molecular flexibility index (Phi) is 5.29. The average Bonchev–Trinajstić information content (AvgIpc) is 2.66. The van der Waals surface area contributed by atoms with Crippen molar-refractivity contribution >= 4 is 11.5 Å². The molecule has 3 N–H and O–H groups in total. The molecule has 0 bridgehead atoms. The van der Waals surface area contributed by atoms with Gasteiger partial charge in [-0.05, 0) is 24.4 Å². The molecular formula is C9H15F3N4S. The molecule has 17 heavy (non-hydrogen) atoms. The summed E-state index contributed by atoms with van der Waals surface area (Å²) in [5.41, 5.74) is 3.14. The fourth-order valence-electron chi connectivity index (χ4n) is 1.49. The minimum absolute atomic E-state index is 0.0966. The molecule has 0 amide bonds. The minimum Gasteiger partial charge on any atom is -0.271 e. The molecule has 1 atom stereocenters. The van der Waals surface area contributed by atoms with E-state index in [4.69, 9.17) is 5.84 Å². The number of alkyl halides is 3. The predicted octanol–water partition coefficient (Wildman–Crippen LogP) is 2.34. The van der Waals surface area contributed by atoms with Crippen LogP contribution in [0, 0.1) is 0 Å². The van der Waals surface area contributed by atoms with Crippen LogP contribution >= 0.6 is 11.5 Å². The lowest BCUT2D eigenvalue weighted by atomic mass is 10.1. The fraction of sp³-hybridized carbons (Fsp3) is 0.778. The number of hydrogen-bond acceptors (Lipinski definition) is 5. The third-order valence-corrected chi connectivity index (χ3v) is 3.19. The van der Waals surface area contributed by atoms with Crippen molar-refractivity contribution in [2.24, 2.45) is 5.84 Å². The van der Waals surface area contributed by atoms with Crippen LogP contribution in [0.25, 0.3) is 0 Å². The molecule has 1 aromatic heterocycles. The predicted molar refractivity (Wildman–Crippen MR) is 59.3 cm³/mol. The van der Waals surface area contributed by atoms with Crippen LogP contribution in [0.3, 0.4) is 0 Å². The number of hydrogen-bond donors (Lipinski definition) is 2. The van der Waals surface area contributed by atoms with Gasteiger partial charge in [0.15, 0.2) is 0 Å². The van der Waals surface area contributed by atoms with Crippen LogP contribution in [0.4, 0.5) is 13.2 Å². The quantitative estimate of drug-likeness (QED) is 0.614. The Balaban J connectivity index is 2.69. The average molecular weight is 268 g/mol. The summed E-state index contributed by atoms with van der Waals surface area (Å²) in [5, 5.41) is 3.91. The first-order valence-electron chi connectivity index (χ1n) is 5.32. The number of hydrazine groups is 1. The van der Waals surface area contributed by atoms with E-state index < -0.39 is 18.6 Å². The summed E-state index contributed by atoms with van der Waals surface area (Å²) in [6, 6.07) is -0.529. The van der Waals surface area contributed by atoms with Crippen molar-refractivity contribution in [1.82, 2.24) is 15.0 Å². The highest BCUT2D eigenvalue weighted by Gasteiger charge is 2.29. The third kappa shape index (κ3) is 4.57. The molecule has 8 heteroatoms. The lowest BCUT2D eigenvalue weighted by Gasteiger charge is -2.15. The fourth-order valence-corrected chi connectivity index (χ4v) is 2.28. The van der Waals surface area contributed by atoms with Gasteiger partial charge in [0.2, 0.25) is 0 Å². The summed E-state index contributed by atoms with van der Waals surface area (Å²) in [4.78, 5) is 0.707. The van der Waals surface area contributed by atoms with Gasteiger partial charge in [0.1, 0.15) is 0 Å². The molecule has 98 valence electrons. The van der Waals surface area contributed by atoms with Gasteiger partial charge in [0.05, 0.1) is 16.6 Å². The van der Waals surface area contributed by atoms with E-state index in [0.29, 0.717) is 11.3 Å². The molecule has 0 radical (unpaired) electrons. The molecule has 0 spiro atoms. The highest BCUT2D eigenvalue weighted by Crippen LogP contribution is 2.30. The Morgan fingerprint density at radius 3 is 2.71 bits per heavy atom. The first-order valence-corrected chi connectivity index (χ1v) is 6.09. The Bertz CT molecular complexity index is 339. The van der Waals surface area contributed by atoms with Gasteiger partial charge >= 0.3 is 6.18 Å². The molecule has 0 aromatic carbocycles. The normalized spacial score (nSPS) is 13.9. The molecule has 0 saturated carbocycles. The zero-order valence-electron chi connectivity index (χ0n) is 9.42. The van der Waals surface area contributed by atoms with Gasteiger partial charge in [0, 0.05) is 6.42 Å². The number of aryl methyl sites for hydroxylation is 1. The van der Waals surface area contributed by atoms with Gasteiger partial charge in [-0.25, -0.2) is 0 Å². The van der Waals surface area contributed by atoms with E-state index in [1.54, 1.807) is 0 Å². The standard InChI is InChI=1S/C9H15F3N4S/c1-2-3-7-8(17-16-15-7)6(14-13)4-5-9(10,11)12/h6,14H,2-5,13H2,1H3. The van der Waals surface area contributed by atoms with Gasteiger partial charge < -0.3 is 0 Å². The summed E-state index contributed by atoms with van der Waals surface area (Å²) in [6.07, 6.45) is -3.56. The van der Waals surface area contributed by atoms with Crippen molar-refractivity contribution in [2.75, 3.05) is 0 Å². The number of halogens is 3. The van der Waals surface area contributed by atoms with Crippen molar-refractivity contribution in [3.63, 3.8) is 0 Å². The molecule has 1 aromatic rings. The Morgan fingerprint density at radius 1 is 1.47 bits per heavy atom. The number of nitrogens with two attached hydrogens (primary N) is 1. The number of aromatic nitrogens is 2. The van der Waals surface area contributed by atoms with E-state index in [-0.39, 0.29) is 6.42 Å². The lowest BCUT2D eigenvalue weighted by molar-refractivity contribution is -0.136. The SMILES string of the molecule is CCCc1nnsc1C(CCC(F)(F)F)NN. The van der Waals surface area contributed by atoms with Gasteiger partial charge in [-0.15, -0.1) is 5.10 Å². The van der Waals surface area contributed by atoms with Crippen LogP contribution in [0.2, 0.25) is 0 Å². The number of nitrogens with zero attached hydrogens (tertiary/aromatic N) is 2. The van der Waals surface area contributed by atoms with Crippen LogP contribution in [0.5, 0.6) is 0 Å². The van der Waals surface area contributed by atoms with E-state index in [2.05, 4.69) is 15.0 Å². The second-order valence-corrected chi connectivity index (χ2v) is 4.49. The number of rotatable bonds is 6. The maximum Gasteiger partial charge on any atom is 0.389 e. The summed E-state index contributed by atoms with van der Waals surface area (Å²) >= 11 is 1.10. The summed E-state index contributed by atoms with van der Waals surface area (Å²) in [6.45, 7) is 1.98. The van der Waals surface area contributed by atoms with Crippen molar-refractivity contribution in [3.8, 4) is 0 Å². The van der Waals surface area contributed by atoms with Crippen LogP contribution in [-0.2, 0) is 6.42 Å². The first-order chi connectivity index (χ1) is 7.98. The van der Waals surface area contributed by atoms with Crippen LogP contribution in [0.15, 0.2) is 0 Å².